The molecule has 1 N–H and O–H groups in total. The van der Waals surface area contributed by atoms with E-state index in [1.165, 1.54) is 13.2 Å². The van der Waals surface area contributed by atoms with Gasteiger partial charge in [0.25, 0.3) is 5.91 Å². The molecule has 2 rings (SSSR count). The highest BCUT2D eigenvalue weighted by atomic mass is 35.5. The number of ether oxygens (including phenoxy) is 3. The van der Waals surface area contributed by atoms with Gasteiger partial charge in [0.15, 0.2) is 18.1 Å². The van der Waals surface area contributed by atoms with Crippen LogP contribution in [0.15, 0.2) is 36.4 Å². The van der Waals surface area contributed by atoms with Crippen LogP contribution in [-0.4, -0.2) is 32.2 Å². The summed E-state index contributed by atoms with van der Waals surface area (Å²) < 4.78 is 15.9. The van der Waals surface area contributed by atoms with Gasteiger partial charge in [-0.15, -0.1) is 0 Å². The summed E-state index contributed by atoms with van der Waals surface area (Å²) in [4.78, 5) is 24.3. The van der Waals surface area contributed by atoms with Crippen molar-refractivity contribution in [1.29, 1.82) is 0 Å². The first-order chi connectivity index (χ1) is 13.5. The number of rotatable bonds is 9. The molecule has 2 aromatic carbocycles. The Morgan fingerprint density at radius 2 is 1.79 bits per heavy atom. The quantitative estimate of drug-likeness (QED) is 0.453. The Morgan fingerprint density at radius 1 is 1.07 bits per heavy atom. The van der Waals surface area contributed by atoms with Gasteiger partial charge in [-0.05, 0) is 36.8 Å². The van der Waals surface area contributed by atoms with E-state index in [2.05, 4.69) is 12.2 Å². The van der Waals surface area contributed by atoms with Crippen molar-refractivity contribution in [3.8, 4) is 11.5 Å². The number of nitrogens with one attached hydrogen (secondary N) is 1. The van der Waals surface area contributed by atoms with E-state index in [-0.39, 0.29) is 21.3 Å². The van der Waals surface area contributed by atoms with Crippen molar-refractivity contribution in [2.24, 2.45) is 0 Å². The van der Waals surface area contributed by atoms with Crippen LogP contribution in [0.1, 0.15) is 30.1 Å². The molecule has 0 aliphatic heterocycles. The fourth-order valence-corrected chi connectivity index (χ4v) is 2.74. The molecule has 2 aromatic rings. The van der Waals surface area contributed by atoms with Gasteiger partial charge in [-0.2, -0.15) is 0 Å². The first-order valence-electron chi connectivity index (χ1n) is 8.68. The first kappa shape index (κ1) is 21.9. The maximum atomic E-state index is 12.2. The van der Waals surface area contributed by atoms with Crippen LogP contribution in [-0.2, 0) is 9.53 Å². The Labute approximate surface area is 173 Å². The lowest BCUT2D eigenvalue weighted by Crippen LogP contribution is -2.21. The van der Waals surface area contributed by atoms with Crippen molar-refractivity contribution in [1.82, 2.24) is 0 Å². The van der Waals surface area contributed by atoms with Gasteiger partial charge < -0.3 is 19.5 Å². The molecule has 0 spiro atoms. The topological polar surface area (TPSA) is 73.9 Å². The third-order valence-corrected chi connectivity index (χ3v) is 4.35. The molecule has 0 unspecified atom stereocenters. The van der Waals surface area contributed by atoms with Crippen LogP contribution in [0.5, 0.6) is 11.5 Å². The van der Waals surface area contributed by atoms with Crippen LogP contribution in [0.2, 0.25) is 10.0 Å². The molecule has 0 radical (unpaired) electrons. The lowest BCUT2D eigenvalue weighted by atomic mass is 10.2. The number of methoxy groups -OCH3 is 1. The molecule has 150 valence electrons. The van der Waals surface area contributed by atoms with Gasteiger partial charge >= 0.3 is 5.97 Å². The van der Waals surface area contributed by atoms with Crippen molar-refractivity contribution in [2.75, 3.05) is 25.6 Å². The molecule has 0 aromatic heterocycles. The van der Waals surface area contributed by atoms with E-state index in [9.17, 15) is 9.59 Å². The Hall–Kier alpha value is -2.44. The molecule has 0 fully saturated rings. The van der Waals surface area contributed by atoms with E-state index >= 15 is 0 Å². The molecule has 0 aliphatic rings. The minimum atomic E-state index is -0.668. The van der Waals surface area contributed by atoms with E-state index in [0.717, 1.165) is 12.8 Å². The second kappa shape index (κ2) is 10.8. The summed E-state index contributed by atoms with van der Waals surface area (Å²) in [7, 11) is 1.48. The second-order valence-electron chi connectivity index (χ2n) is 5.79. The minimum absolute atomic E-state index is 0.239. The summed E-state index contributed by atoms with van der Waals surface area (Å²) >= 11 is 12.0. The van der Waals surface area contributed by atoms with Gasteiger partial charge in [0.1, 0.15) is 0 Å². The number of esters is 1. The molecule has 1 amide bonds. The Kier molecular flexibility index (Phi) is 8.42. The smallest absolute Gasteiger partial charge is 0.338 e. The van der Waals surface area contributed by atoms with Crippen LogP contribution >= 0.6 is 23.2 Å². The lowest BCUT2D eigenvalue weighted by molar-refractivity contribution is -0.119. The average molecular weight is 426 g/mol. The van der Waals surface area contributed by atoms with Crippen LogP contribution in [0.25, 0.3) is 0 Å². The van der Waals surface area contributed by atoms with Crippen LogP contribution in [0, 0.1) is 0 Å². The van der Waals surface area contributed by atoms with Crippen LogP contribution in [0.3, 0.4) is 0 Å². The molecule has 6 nitrogen and oxygen atoms in total. The largest absolute Gasteiger partial charge is 0.493 e. The van der Waals surface area contributed by atoms with Gasteiger partial charge in [0, 0.05) is 0 Å². The summed E-state index contributed by atoms with van der Waals surface area (Å²) in [5.41, 5.74) is 0.505. The minimum Gasteiger partial charge on any atom is -0.493 e. The van der Waals surface area contributed by atoms with Crippen molar-refractivity contribution >= 4 is 40.8 Å². The normalized spacial score (nSPS) is 10.3. The molecule has 0 saturated heterocycles. The van der Waals surface area contributed by atoms with Crippen LogP contribution < -0.4 is 14.8 Å². The van der Waals surface area contributed by atoms with E-state index in [4.69, 9.17) is 37.4 Å². The third kappa shape index (κ3) is 6.04. The van der Waals surface area contributed by atoms with Gasteiger partial charge in [-0.1, -0.05) is 42.6 Å². The Bertz CT molecular complexity index is 821. The molecule has 0 saturated carbocycles. The fraction of sp³-hybridized carbons (Fsp3) is 0.300. The standard InChI is InChI=1S/C20H21Cl2NO5/c1-3-4-10-27-16-9-8-13(11-17(16)26-2)20(25)28-12-18(24)23-19-14(21)6-5-7-15(19)22/h5-9,11H,3-4,10,12H2,1-2H3,(H,23,24). The predicted octanol–water partition coefficient (Wildman–Crippen LogP) is 4.98. The number of hydrogen-bond donors (Lipinski definition) is 1. The van der Waals surface area contributed by atoms with Gasteiger partial charge in [0.2, 0.25) is 0 Å². The molecule has 0 heterocycles. The molecule has 0 bridgehead atoms. The number of halogens is 2. The van der Waals surface area contributed by atoms with Crippen molar-refractivity contribution in [3.63, 3.8) is 0 Å². The molecule has 0 atom stereocenters. The zero-order valence-electron chi connectivity index (χ0n) is 15.6. The molecular formula is C20H21Cl2NO5. The van der Waals surface area contributed by atoms with Gasteiger partial charge in [-0.25, -0.2) is 4.79 Å². The fourth-order valence-electron chi connectivity index (χ4n) is 2.25. The third-order valence-electron chi connectivity index (χ3n) is 3.72. The Morgan fingerprint density at radius 3 is 2.43 bits per heavy atom. The summed E-state index contributed by atoms with van der Waals surface area (Å²) in [6.07, 6.45) is 1.92. The average Bonchev–Trinajstić information content (AvgIpc) is 2.69. The van der Waals surface area contributed by atoms with E-state index in [1.54, 1.807) is 30.3 Å². The van der Waals surface area contributed by atoms with E-state index < -0.39 is 18.5 Å². The predicted molar refractivity (Wildman–Crippen MR) is 109 cm³/mol. The zero-order valence-corrected chi connectivity index (χ0v) is 17.1. The highest BCUT2D eigenvalue weighted by Gasteiger charge is 2.15. The summed E-state index contributed by atoms with van der Waals surface area (Å²) in [5.74, 6) is -0.273. The first-order valence-corrected chi connectivity index (χ1v) is 9.43. The number of para-hydroxylation sites is 1. The number of unbranched alkanes of at least 4 members (excludes halogenated alkanes) is 1. The SMILES string of the molecule is CCCCOc1ccc(C(=O)OCC(=O)Nc2c(Cl)cccc2Cl)cc1OC. The van der Waals surface area contributed by atoms with Crippen molar-refractivity contribution in [3.05, 3.63) is 52.0 Å². The molecular weight excluding hydrogens is 405 g/mol. The summed E-state index contributed by atoms with van der Waals surface area (Å²) in [6, 6.07) is 9.52. The second-order valence-corrected chi connectivity index (χ2v) is 6.60. The number of carbonyl (C=O) groups excluding carboxylic acids is 2. The maximum Gasteiger partial charge on any atom is 0.338 e. The lowest BCUT2D eigenvalue weighted by Gasteiger charge is -2.12. The number of hydrogen-bond acceptors (Lipinski definition) is 5. The number of amides is 1. The number of benzene rings is 2. The van der Waals surface area contributed by atoms with Gasteiger partial charge in [0.05, 0.1) is 35.0 Å². The summed E-state index contributed by atoms with van der Waals surface area (Å²) in [5, 5.41) is 3.10. The van der Waals surface area contributed by atoms with Crippen molar-refractivity contribution in [2.45, 2.75) is 19.8 Å². The molecule has 8 heteroatoms. The monoisotopic (exact) mass is 425 g/mol. The number of anilines is 1. The highest BCUT2D eigenvalue weighted by Crippen LogP contribution is 2.30. The zero-order chi connectivity index (χ0) is 20.5. The summed E-state index contributed by atoms with van der Waals surface area (Å²) in [6.45, 7) is 2.13. The Balaban J connectivity index is 1.96. The van der Waals surface area contributed by atoms with E-state index in [1.807, 2.05) is 0 Å². The molecule has 0 aliphatic carbocycles. The molecule has 28 heavy (non-hydrogen) atoms. The maximum absolute atomic E-state index is 12.2. The van der Waals surface area contributed by atoms with E-state index in [0.29, 0.717) is 18.1 Å². The van der Waals surface area contributed by atoms with Crippen LogP contribution in [0.4, 0.5) is 5.69 Å². The number of carbonyl (C=O) groups is 2. The van der Waals surface area contributed by atoms with Crippen molar-refractivity contribution < 1.29 is 23.8 Å². The van der Waals surface area contributed by atoms with Gasteiger partial charge in [-0.3, -0.25) is 4.79 Å². The highest BCUT2D eigenvalue weighted by molar-refractivity contribution is 6.39.